The van der Waals surface area contributed by atoms with E-state index in [1.54, 1.807) is 26.0 Å². The van der Waals surface area contributed by atoms with Gasteiger partial charge in [-0.2, -0.15) is 4.31 Å². The highest BCUT2D eigenvalue weighted by Crippen LogP contribution is 2.19. The average molecular weight is 488 g/mol. The van der Waals surface area contributed by atoms with Gasteiger partial charge in [-0.15, -0.1) is 0 Å². The summed E-state index contributed by atoms with van der Waals surface area (Å²) in [6.07, 6.45) is 0. The maximum atomic E-state index is 12.4. The fraction of sp³-hybridized carbons (Fsp3) is 0.278. The van der Waals surface area contributed by atoms with E-state index in [-0.39, 0.29) is 17.4 Å². The van der Waals surface area contributed by atoms with Gasteiger partial charge in [0.25, 0.3) is 5.91 Å². The molecule has 0 radical (unpaired) electrons. The predicted octanol–water partition coefficient (Wildman–Crippen LogP) is 3.34. The van der Waals surface area contributed by atoms with Crippen LogP contribution in [0.5, 0.6) is 5.75 Å². The second-order valence-electron chi connectivity index (χ2n) is 5.40. The van der Waals surface area contributed by atoms with Gasteiger partial charge in [-0.3, -0.25) is 4.79 Å². The van der Waals surface area contributed by atoms with Crippen LogP contribution >= 0.6 is 22.6 Å². The Balaban J connectivity index is 1.94. The molecule has 0 unspecified atom stereocenters. The van der Waals surface area contributed by atoms with Crippen molar-refractivity contribution in [1.29, 1.82) is 0 Å². The van der Waals surface area contributed by atoms with E-state index in [9.17, 15) is 13.2 Å². The number of halogens is 1. The number of hydrogen-bond acceptors (Lipinski definition) is 4. The molecule has 0 saturated carbocycles. The molecule has 0 saturated heterocycles. The number of anilines is 1. The predicted molar refractivity (Wildman–Crippen MR) is 110 cm³/mol. The van der Waals surface area contributed by atoms with Gasteiger partial charge in [0, 0.05) is 22.3 Å². The molecule has 0 aromatic heterocycles. The van der Waals surface area contributed by atoms with E-state index in [1.807, 2.05) is 24.3 Å². The number of carbonyl (C=O) groups is 1. The number of sulfonamides is 1. The van der Waals surface area contributed by atoms with Crippen LogP contribution in [0.2, 0.25) is 0 Å². The van der Waals surface area contributed by atoms with Crippen LogP contribution in [0.25, 0.3) is 0 Å². The number of amides is 1. The van der Waals surface area contributed by atoms with Crippen LogP contribution in [0.15, 0.2) is 53.4 Å². The third-order valence-corrected chi connectivity index (χ3v) is 6.45. The summed E-state index contributed by atoms with van der Waals surface area (Å²) < 4.78 is 32.7. The van der Waals surface area contributed by atoms with Crippen molar-refractivity contribution in [3.63, 3.8) is 0 Å². The van der Waals surface area contributed by atoms with Gasteiger partial charge in [0.15, 0.2) is 6.61 Å². The molecule has 0 atom stereocenters. The summed E-state index contributed by atoms with van der Waals surface area (Å²) in [4.78, 5) is 12.1. The maximum absolute atomic E-state index is 12.4. The fourth-order valence-electron chi connectivity index (χ4n) is 2.30. The van der Waals surface area contributed by atoms with Crippen molar-refractivity contribution in [1.82, 2.24) is 4.31 Å². The van der Waals surface area contributed by atoms with Gasteiger partial charge in [-0.1, -0.05) is 13.8 Å². The molecular weight excluding hydrogens is 467 g/mol. The van der Waals surface area contributed by atoms with Crippen LogP contribution < -0.4 is 10.1 Å². The van der Waals surface area contributed by atoms with E-state index < -0.39 is 10.0 Å². The van der Waals surface area contributed by atoms with Gasteiger partial charge in [0.2, 0.25) is 10.0 Å². The second-order valence-corrected chi connectivity index (χ2v) is 8.59. The Bertz CT molecular complexity index is 832. The van der Waals surface area contributed by atoms with Gasteiger partial charge in [0.1, 0.15) is 5.75 Å². The molecule has 0 aliphatic heterocycles. The number of ether oxygens (including phenoxy) is 1. The molecule has 0 heterocycles. The van der Waals surface area contributed by atoms with Crippen LogP contribution in [0, 0.1) is 3.57 Å². The van der Waals surface area contributed by atoms with Crippen LogP contribution in [-0.4, -0.2) is 38.3 Å². The van der Waals surface area contributed by atoms with E-state index in [0.717, 1.165) is 3.57 Å². The third-order valence-electron chi connectivity index (χ3n) is 3.66. The smallest absolute Gasteiger partial charge is 0.262 e. The molecule has 1 amide bonds. The Labute approximate surface area is 167 Å². The summed E-state index contributed by atoms with van der Waals surface area (Å²) in [5.74, 6) is 0.146. The molecule has 8 heteroatoms. The van der Waals surface area contributed by atoms with Crippen LogP contribution in [-0.2, 0) is 14.8 Å². The lowest BCUT2D eigenvalue weighted by Gasteiger charge is -2.18. The lowest BCUT2D eigenvalue weighted by molar-refractivity contribution is -0.118. The first kappa shape index (κ1) is 20.7. The fourth-order valence-corrected chi connectivity index (χ4v) is 4.12. The number of carbonyl (C=O) groups excluding carboxylic acids is 1. The SMILES string of the molecule is CCN(CC)S(=O)(=O)c1ccc(OCC(=O)Nc2ccc(I)cc2)cc1. The summed E-state index contributed by atoms with van der Waals surface area (Å²) in [6.45, 7) is 4.26. The van der Waals surface area contributed by atoms with E-state index in [0.29, 0.717) is 24.5 Å². The van der Waals surface area contributed by atoms with Gasteiger partial charge in [-0.05, 0) is 71.1 Å². The van der Waals surface area contributed by atoms with Crippen molar-refractivity contribution >= 4 is 44.2 Å². The van der Waals surface area contributed by atoms with E-state index in [1.165, 1.54) is 16.4 Å². The van der Waals surface area contributed by atoms with Gasteiger partial charge >= 0.3 is 0 Å². The summed E-state index contributed by atoms with van der Waals surface area (Å²) >= 11 is 2.19. The molecule has 2 rings (SSSR count). The molecular formula is C18H21IN2O4S. The van der Waals surface area contributed by atoms with E-state index in [4.69, 9.17) is 4.74 Å². The standard InChI is InChI=1S/C18H21IN2O4S/c1-3-21(4-2)26(23,24)17-11-9-16(10-12-17)25-13-18(22)20-15-7-5-14(19)6-8-15/h5-12H,3-4,13H2,1-2H3,(H,20,22). The third kappa shape index (κ3) is 5.42. The molecule has 0 aliphatic rings. The zero-order valence-electron chi connectivity index (χ0n) is 14.6. The molecule has 2 aromatic rings. The zero-order valence-corrected chi connectivity index (χ0v) is 17.6. The number of nitrogens with zero attached hydrogens (tertiary/aromatic N) is 1. The highest BCUT2D eigenvalue weighted by Gasteiger charge is 2.21. The van der Waals surface area contributed by atoms with Crippen LogP contribution in [0.1, 0.15) is 13.8 Å². The molecule has 26 heavy (non-hydrogen) atoms. The summed E-state index contributed by atoms with van der Waals surface area (Å²) in [5, 5.41) is 2.74. The topological polar surface area (TPSA) is 75.7 Å². The zero-order chi connectivity index (χ0) is 19.2. The lowest BCUT2D eigenvalue weighted by atomic mass is 10.3. The quantitative estimate of drug-likeness (QED) is 0.579. The molecule has 0 bridgehead atoms. The van der Waals surface area contributed by atoms with Crippen LogP contribution in [0.4, 0.5) is 5.69 Å². The minimum atomic E-state index is -3.50. The first-order chi connectivity index (χ1) is 12.4. The van der Waals surface area contributed by atoms with E-state index in [2.05, 4.69) is 27.9 Å². The lowest BCUT2D eigenvalue weighted by Crippen LogP contribution is -2.30. The molecule has 0 spiro atoms. The van der Waals surface area contributed by atoms with Crippen molar-refractivity contribution in [3.8, 4) is 5.75 Å². The monoisotopic (exact) mass is 488 g/mol. The first-order valence-corrected chi connectivity index (χ1v) is 10.7. The Hall–Kier alpha value is -1.65. The van der Waals surface area contributed by atoms with Crippen molar-refractivity contribution in [2.24, 2.45) is 0 Å². The Morgan fingerprint density at radius 2 is 1.62 bits per heavy atom. The Kier molecular flexibility index (Phi) is 7.42. The van der Waals surface area contributed by atoms with Gasteiger partial charge in [-0.25, -0.2) is 8.42 Å². The van der Waals surface area contributed by atoms with Crippen molar-refractivity contribution in [2.45, 2.75) is 18.7 Å². The minimum absolute atomic E-state index is 0.159. The van der Waals surface area contributed by atoms with Crippen LogP contribution in [0.3, 0.4) is 0 Å². The maximum Gasteiger partial charge on any atom is 0.262 e. The van der Waals surface area contributed by atoms with Crippen molar-refractivity contribution in [2.75, 3.05) is 25.0 Å². The van der Waals surface area contributed by atoms with Crippen molar-refractivity contribution in [3.05, 3.63) is 52.1 Å². The average Bonchev–Trinajstić information content (AvgIpc) is 2.63. The molecule has 140 valence electrons. The first-order valence-electron chi connectivity index (χ1n) is 8.15. The second kappa shape index (κ2) is 9.33. The number of rotatable bonds is 8. The number of hydrogen-bond donors (Lipinski definition) is 1. The number of nitrogens with one attached hydrogen (secondary N) is 1. The highest BCUT2D eigenvalue weighted by molar-refractivity contribution is 14.1. The normalized spacial score (nSPS) is 11.4. The van der Waals surface area contributed by atoms with Gasteiger partial charge in [0.05, 0.1) is 4.90 Å². The molecule has 6 nitrogen and oxygen atoms in total. The summed E-state index contributed by atoms with van der Waals surface area (Å²) in [5.41, 5.74) is 0.694. The molecule has 1 N–H and O–H groups in total. The summed E-state index contributed by atoms with van der Waals surface area (Å²) in [6, 6.07) is 13.5. The summed E-state index contributed by atoms with van der Waals surface area (Å²) in [7, 11) is -3.50. The van der Waals surface area contributed by atoms with E-state index >= 15 is 0 Å². The number of benzene rings is 2. The molecule has 0 aliphatic carbocycles. The molecule has 2 aromatic carbocycles. The largest absolute Gasteiger partial charge is 0.484 e. The minimum Gasteiger partial charge on any atom is -0.484 e. The Morgan fingerprint density at radius 1 is 1.04 bits per heavy atom. The van der Waals surface area contributed by atoms with Crippen molar-refractivity contribution < 1.29 is 17.9 Å². The highest BCUT2D eigenvalue weighted by atomic mass is 127. The molecule has 0 fully saturated rings. The Morgan fingerprint density at radius 3 is 2.15 bits per heavy atom. The van der Waals surface area contributed by atoms with Gasteiger partial charge < -0.3 is 10.1 Å².